The van der Waals surface area contributed by atoms with Crippen molar-refractivity contribution in [3.63, 3.8) is 0 Å². The van der Waals surface area contributed by atoms with E-state index in [1.54, 1.807) is 0 Å². The summed E-state index contributed by atoms with van der Waals surface area (Å²) in [7, 11) is 0. The summed E-state index contributed by atoms with van der Waals surface area (Å²) in [4.78, 5) is 14.6. The van der Waals surface area contributed by atoms with Crippen LogP contribution in [-0.2, 0) is 11.3 Å². The average molecular weight is 237 g/mol. The lowest BCUT2D eigenvalue weighted by molar-refractivity contribution is -0.121. The van der Waals surface area contributed by atoms with Crippen molar-refractivity contribution < 1.29 is 4.79 Å². The number of carbonyl (C=O) groups excluding carboxylic acids is 1. The summed E-state index contributed by atoms with van der Waals surface area (Å²) in [6.45, 7) is 6.95. The molecule has 0 aromatic carbocycles. The summed E-state index contributed by atoms with van der Waals surface area (Å²) in [5.74, 6) is 0.0166. The Hall–Kier alpha value is -1.29. The SMILES string of the molecule is CC(C)(C)CC(N)CC(=O)NCc1cc[nH]c1. The van der Waals surface area contributed by atoms with Crippen LogP contribution in [0.1, 0.15) is 39.2 Å². The second-order valence-electron chi connectivity index (χ2n) is 5.72. The highest BCUT2D eigenvalue weighted by Crippen LogP contribution is 2.20. The second-order valence-corrected chi connectivity index (χ2v) is 5.72. The molecule has 0 saturated heterocycles. The Balaban J connectivity index is 2.25. The molecule has 96 valence electrons. The zero-order valence-corrected chi connectivity index (χ0v) is 10.9. The van der Waals surface area contributed by atoms with E-state index in [0.717, 1.165) is 12.0 Å². The predicted molar refractivity (Wildman–Crippen MR) is 69.3 cm³/mol. The fraction of sp³-hybridized carbons (Fsp3) is 0.615. The molecule has 0 aliphatic heterocycles. The smallest absolute Gasteiger partial charge is 0.221 e. The molecule has 0 bridgehead atoms. The van der Waals surface area contributed by atoms with E-state index in [-0.39, 0.29) is 17.4 Å². The molecule has 4 N–H and O–H groups in total. The Morgan fingerprint density at radius 3 is 2.76 bits per heavy atom. The van der Waals surface area contributed by atoms with Crippen LogP contribution in [0.2, 0.25) is 0 Å². The maximum atomic E-state index is 11.6. The van der Waals surface area contributed by atoms with Crippen molar-refractivity contribution in [2.24, 2.45) is 11.1 Å². The number of rotatable bonds is 5. The number of aromatic nitrogens is 1. The minimum atomic E-state index is -0.0683. The zero-order valence-electron chi connectivity index (χ0n) is 10.9. The molecule has 0 aliphatic rings. The largest absolute Gasteiger partial charge is 0.367 e. The van der Waals surface area contributed by atoms with Crippen LogP contribution in [0.15, 0.2) is 18.5 Å². The standard InChI is InChI=1S/C13H23N3O/c1-13(2,3)7-11(14)6-12(17)16-9-10-4-5-15-8-10/h4-5,8,11,15H,6-7,9,14H2,1-3H3,(H,16,17). The van der Waals surface area contributed by atoms with Crippen LogP contribution in [0.3, 0.4) is 0 Å². The van der Waals surface area contributed by atoms with Crippen LogP contribution < -0.4 is 11.1 Å². The third kappa shape index (κ3) is 6.12. The number of nitrogens with one attached hydrogen (secondary N) is 2. The van der Waals surface area contributed by atoms with Gasteiger partial charge in [-0.2, -0.15) is 0 Å². The van der Waals surface area contributed by atoms with E-state index in [2.05, 4.69) is 31.1 Å². The molecule has 1 aromatic rings. The van der Waals surface area contributed by atoms with E-state index in [1.165, 1.54) is 0 Å². The predicted octanol–water partition coefficient (Wildman–Crippen LogP) is 1.78. The molecule has 0 saturated carbocycles. The van der Waals surface area contributed by atoms with Crippen molar-refractivity contribution in [3.8, 4) is 0 Å². The number of hydrogen-bond acceptors (Lipinski definition) is 2. The Morgan fingerprint density at radius 1 is 1.53 bits per heavy atom. The first-order valence-electron chi connectivity index (χ1n) is 6.01. The zero-order chi connectivity index (χ0) is 12.9. The van der Waals surface area contributed by atoms with Crippen molar-refractivity contribution in [1.82, 2.24) is 10.3 Å². The lowest BCUT2D eigenvalue weighted by Gasteiger charge is -2.22. The van der Waals surface area contributed by atoms with Crippen LogP contribution in [0, 0.1) is 5.41 Å². The molecule has 1 amide bonds. The van der Waals surface area contributed by atoms with E-state index in [0.29, 0.717) is 13.0 Å². The van der Waals surface area contributed by atoms with E-state index >= 15 is 0 Å². The first kappa shape index (κ1) is 13.8. The van der Waals surface area contributed by atoms with Crippen molar-refractivity contribution in [1.29, 1.82) is 0 Å². The van der Waals surface area contributed by atoms with E-state index in [9.17, 15) is 4.79 Å². The molecule has 0 aliphatic carbocycles. The third-order valence-corrected chi connectivity index (χ3v) is 2.47. The molecule has 1 aromatic heterocycles. The third-order valence-electron chi connectivity index (χ3n) is 2.47. The lowest BCUT2D eigenvalue weighted by atomic mass is 9.87. The maximum Gasteiger partial charge on any atom is 0.221 e. The molecule has 0 radical (unpaired) electrons. The molecule has 1 heterocycles. The number of carbonyl (C=O) groups is 1. The minimum Gasteiger partial charge on any atom is -0.367 e. The van der Waals surface area contributed by atoms with Crippen molar-refractivity contribution in [2.45, 2.75) is 46.2 Å². The van der Waals surface area contributed by atoms with Gasteiger partial charge >= 0.3 is 0 Å². The molecule has 0 spiro atoms. The summed E-state index contributed by atoms with van der Waals surface area (Å²) in [6.07, 6.45) is 4.95. The van der Waals surface area contributed by atoms with Crippen molar-refractivity contribution in [2.75, 3.05) is 0 Å². The van der Waals surface area contributed by atoms with Crippen LogP contribution in [-0.4, -0.2) is 16.9 Å². The molecule has 1 rings (SSSR count). The minimum absolute atomic E-state index is 0.0166. The molecule has 17 heavy (non-hydrogen) atoms. The summed E-state index contributed by atoms with van der Waals surface area (Å²) in [6, 6.07) is 1.87. The fourth-order valence-electron chi connectivity index (χ4n) is 1.84. The molecular formula is C13H23N3O. The van der Waals surface area contributed by atoms with Gasteiger partial charge in [0.2, 0.25) is 5.91 Å². The average Bonchev–Trinajstić information content (AvgIpc) is 2.63. The Bertz CT molecular complexity index is 338. The molecule has 4 heteroatoms. The molecular weight excluding hydrogens is 214 g/mol. The molecule has 1 atom stereocenters. The van der Waals surface area contributed by atoms with Crippen molar-refractivity contribution >= 4 is 5.91 Å². The summed E-state index contributed by atoms with van der Waals surface area (Å²) < 4.78 is 0. The number of amides is 1. The van der Waals surface area contributed by atoms with Gasteiger partial charge in [-0.25, -0.2) is 0 Å². The Kier molecular flexibility index (Phi) is 4.75. The monoisotopic (exact) mass is 237 g/mol. The molecule has 1 unspecified atom stereocenters. The second kappa shape index (κ2) is 5.87. The number of aromatic amines is 1. The quantitative estimate of drug-likeness (QED) is 0.730. The van der Waals surface area contributed by atoms with Gasteiger partial charge in [0.05, 0.1) is 0 Å². The number of nitrogens with two attached hydrogens (primary N) is 1. The van der Waals surface area contributed by atoms with E-state index < -0.39 is 0 Å². The van der Waals surface area contributed by atoms with E-state index in [4.69, 9.17) is 5.73 Å². The normalized spacial score (nSPS) is 13.4. The Morgan fingerprint density at radius 2 is 2.24 bits per heavy atom. The van der Waals surface area contributed by atoms with Crippen LogP contribution >= 0.6 is 0 Å². The topological polar surface area (TPSA) is 70.9 Å². The summed E-state index contributed by atoms with van der Waals surface area (Å²) >= 11 is 0. The van der Waals surface area contributed by atoms with Gasteiger partial charge in [0.15, 0.2) is 0 Å². The number of hydrogen-bond donors (Lipinski definition) is 3. The van der Waals surface area contributed by atoms with Gasteiger partial charge in [-0.05, 0) is 23.5 Å². The van der Waals surface area contributed by atoms with Crippen molar-refractivity contribution in [3.05, 3.63) is 24.0 Å². The van der Waals surface area contributed by atoms with Gasteiger partial charge in [0.25, 0.3) is 0 Å². The van der Waals surface area contributed by atoms with E-state index in [1.807, 2.05) is 18.5 Å². The van der Waals surface area contributed by atoms with Gasteiger partial charge in [-0.3, -0.25) is 4.79 Å². The van der Waals surface area contributed by atoms with Crippen LogP contribution in [0.4, 0.5) is 0 Å². The van der Waals surface area contributed by atoms with Gasteiger partial charge < -0.3 is 16.0 Å². The highest BCUT2D eigenvalue weighted by molar-refractivity contribution is 5.76. The van der Waals surface area contributed by atoms with Gasteiger partial charge in [-0.1, -0.05) is 20.8 Å². The summed E-state index contributed by atoms with van der Waals surface area (Å²) in [5, 5.41) is 2.86. The Labute approximate surface area is 103 Å². The van der Waals surface area contributed by atoms with Gasteiger partial charge in [0.1, 0.15) is 0 Å². The lowest BCUT2D eigenvalue weighted by Crippen LogP contribution is -2.33. The molecule has 0 fully saturated rings. The van der Waals surface area contributed by atoms with Crippen LogP contribution in [0.5, 0.6) is 0 Å². The van der Waals surface area contributed by atoms with Gasteiger partial charge in [-0.15, -0.1) is 0 Å². The first-order valence-corrected chi connectivity index (χ1v) is 6.01. The number of H-pyrrole nitrogens is 1. The molecule has 4 nitrogen and oxygen atoms in total. The highest BCUT2D eigenvalue weighted by Gasteiger charge is 2.17. The maximum absolute atomic E-state index is 11.6. The first-order chi connectivity index (χ1) is 7.87. The van der Waals surface area contributed by atoms with Crippen LogP contribution in [0.25, 0.3) is 0 Å². The highest BCUT2D eigenvalue weighted by atomic mass is 16.1. The van der Waals surface area contributed by atoms with Gasteiger partial charge in [0, 0.05) is 31.4 Å². The fourth-order valence-corrected chi connectivity index (χ4v) is 1.84. The summed E-state index contributed by atoms with van der Waals surface area (Å²) in [5.41, 5.74) is 7.18.